The Labute approximate surface area is 98.2 Å². The fourth-order valence-electron chi connectivity index (χ4n) is 1.31. The van der Waals surface area contributed by atoms with Gasteiger partial charge in [0.2, 0.25) is 0 Å². The van der Waals surface area contributed by atoms with Gasteiger partial charge in [0.05, 0.1) is 0 Å². The highest BCUT2D eigenvalue weighted by Crippen LogP contribution is 2.04. The van der Waals surface area contributed by atoms with Crippen molar-refractivity contribution in [3.63, 3.8) is 0 Å². The molecule has 2 nitrogen and oxygen atoms in total. The van der Waals surface area contributed by atoms with Crippen LogP contribution in [0.1, 0.15) is 20.8 Å². The Hall–Kier alpha value is -1.79. The lowest BCUT2D eigenvalue weighted by molar-refractivity contribution is -0.118. The van der Waals surface area contributed by atoms with E-state index in [4.69, 9.17) is 0 Å². The van der Waals surface area contributed by atoms with Gasteiger partial charge in [0.15, 0.2) is 5.78 Å². The molecular weight excluding hydrogens is 198 g/mol. The zero-order chi connectivity index (χ0) is 12.0. The molecule has 0 bridgehead atoms. The van der Waals surface area contributed by atoms with Crippen LogP contribution in [-0.4, -0.2) is 5.78 Å². The summed E-state index contributed by atoms with van der Waals surface area (Å²) in [5.74, 6) is 0.0125. The molecule has 0 aliphatic rings. The van der Waals surface area contributed by atoms with E-state index in [1.807, 2.05) is 44.2 Å². The van der Waals surface area contributed by atoms with Gasteiger partial charge in [0.25, 0.3) is 0 Å². The number of hydrogen-bond acceptors (Lipinski definition) is 2. The lowest BCUT2D eigenvalue weighted by atomic mass is 10.1. The maximum absolute atomic E-state index is 11.7. The second kappa shape index (κ2) is 5.94. The van der Waals surface area contributed by atoms with Crippen LogP contribution in [0.5, 0.6) is 0 Å². The van der Waals surface area contributed by atoms with Gasteiger partial charge in [-0.3, -0.25) is 4.79 Å². The van der Waals surface area contributed by atoms with E-state index in [1.54, 1.807) is 0 Å². The first-order chi connectivity index (χ1) is 7.65. The highest BCUT2D eigenvalue weighted by molar-refractivity contribution is 5.95. The van der Waals surface area contributed by atoms with Gasteiger partial charge in [-0.15, -0.1) is 0 Å². The lowest BCUT2D eigenvalue weighted by Gasteiger charge is -2.09. The van der Waals surface area contributed by atoms with E-state index in [0.29, 0.717) is 12.2 Å². The molecule has 0 aliphatic carbocycles. The first kappa shape index (κ1) is 12.3. The summed E-state index contributed by atoms with van der Waals surface area (Å²) >= 11 is 0. The molecule has 0 amide bonds. The zero-order valence-corrected chi connectivity index (χ0v) is 9.79. The molecule has 0 spiro atoms. The van der Waals surface area contributed by atoms with E-state index in [1.165, 1.54) is 0 Å². The zero-order valence-electron chi connectivity index (χ0n) is 9.79. The summed E-state index contributed by atoms with van der Waals surface area (Å²) in [4.78, 5) is 11.7. The maximum atomic E-state index is 11.7. The smallest absolute Gasteiger partial charge is 0.189 e. The number of carbonyl (C=O) groups is 1. The molecule has 1 N–H and O–H groups in total. The van der Waals surface area contributed by atoms with E-state index in [-0.39, 0.29) is 13.1 Å². The minimum Gasteiger partial charge on any atom is -0.372 e. The molecule has 0 unspecified atom stereocenters. The van der Waals surface area contributed by atoms with Crippen molar-refractivity contribution >= 4 is 5.78 Å². The Bertz CT molecular complexity index is 405. The molecule has 1 aromatic rings. The minimum atomic E-state index is -0.0347. The molecule has 0 radical (unpaired) electrons. The van der Waals surface area contributed by atoms with Gasteiger partial charge < -0.3 is 5.32 Å². The first-order valence-electron chi connectivity index (χ1n) is 5.37. The first-order valence-corrected chi connectivity index (χ1v) is 5.37. The van der Waals surface area contributed by atoms with Gasteiger partial charge in [0, 0.05) is 13.9 Å². The highest BCUT2D eigenvalue weighted by Gasteiger charge is 2.12. The third-order valence-electron chi connectivity index (χ3n) is 2.26. The monoisotopic (exact) mass is 217 g/mol. The highest BCUT2D eigenvalue weighted by atomic mass is 16.1. The Balaban J connectivity index is 0.00000256. The van der Waals surface area contributed by atoms with Crippen molar-refractivity contribution in [3.8, 4) is 0 Å². The van der Waals surface area contributed by atoms with E-state index < -0.39 is 0 Å². The Morgan fingerprint density at radius 2 is 2.06 bits per heavy atom. The van der Waals surface area contributed by atoms with Crippen LogP contribution in [-0.2, 0) is 11.3 Å². The van der Waals surface area contributed by atoms with E-state index in [9.17, 15) is 4.79 Å². The predicted octanol–water partition coefficient (Wildman–Crippen LogP) is 2.92. The molecule has 0 aliphatic heterocycles. The molecule has 0 saturated carbocycles. The molecule has 0 atom stereocenters. The van der Waals surface area contributed by atoms with Crippen LogP contribution in [0.15, 0.2) is 48.3 Å². The number of benzene rings is 1. The second-order valence-electron chi connectivity index (χ2n) is 3.91. The predicted molar refractivity (Wildman–Crippen MR) is 67.9 cm³/mol. The van der Waals surface area contributed by atoms with Crippen molar-refractivity contribution in [2.75, 3.05) is 0 Å². The summed E-state index contributed by atoms with van der Waals surface area (Å²) in [5, 5.41) is 3.06. The molecule has 2 heteroatoms. The number of nitrogens with one attached hydrogen (secondary N) is 1. The molecular formula is C14H19NO. The minimum absolute atomic E-state index is 0. The number of allylic oxidation sites excluding steroid dienone is 1. The normalized spacial score (nSPS) is 9.69. The van der Waals surface area contributed by atoms with E-state index in [2.05, 4.69) is 17.6 Å². The Kier molecular flexibility index (Phi) is 4.56. The van der Waals surface area contributed by atoms with Gasteiger partial charge >= 0.3 is 0 Å². The number of rotatable bonds is 5. The van der Waals surface area contributed by atoms with Gasteiger partial charge in [-0.2, -0.15) is 0 Å². The van der Waals surface area contributed by atoms with Crippen LogP contribution in [0.2, 0.25) is 0 Å². The quantitative estimate of drug-likeness (QED) is 0.607. The summed E-state index contributed by atoms with van der Waals surface area (Å²) in [6.07, 6.45) is 0. The van der Waals surface area contributed by atoms with E-state index >= 15 is 0 Å². The summed E-state index contributed by atoms with van der Waals surface area (Å²) in [6, 6.07) is 9.92. The standard InChI is InChI=1S/C14H17NO.H2/c1-4-13(14(16)11(2)3)15-10-12-8-6-5-7-9-12;/h5-9,11,15H,1,10H2,2-3H3;1H. The Morgan fingerprint density at radius 3 is 2.56 bits per heavy atom. The third-order valence-corrected chi connectivity index (χ3v) is 2.26. The SMILES string of the molecule is C=C=C(NCc1ccccc1)C(=O)C(C)C.[HH]. The van der Waals surface area contributed by atoms with Crippen LogP contribution in [0.4, 0.5) is 0 Å². The average Bonchev–Trinajstić information content (AvgIpc) is 2.30. The van der Waals surface area contributed by atoms with Crippen LogP contribution >= 0.6 is 0 Å². The van der Waals surface area contributed by atoms with Crippen LogP contribution < -0.4 is 5.32 Å². The van der Waals surface area contributed by atoms with Gasteiger partial charge in [-0.25, -0.2) is 0 Å². The number of Topliss-reactive ketones (excluding diaryl/α,β-unsaturated/α-hetero) is 1. The molecule has 1 rings (SSSR count). The van der Waals surface area contributed by atoms with Crippen LogP contribution in [0.3, 0.4) is 0 Å². The van der Waals surface area contributed by atoms with Gasteiger partial charge in [0.1, 0.15) is 5.70 Å². The van der Waals surface area contributed by atoms with Crippen molar-refractivity contribution in [1.29, 1.82) is 0 Å². The molecule has 0 saturated heterocycles. The van der Waals surface area contributed by atoms with Crippen LogP contribution in [0, 0.1) is 5.92 Å². The van der Waals surface area contributed by atoms with E-state index in [0.717, 1.165) is 5.56 Å². The average molecular weight is 217 g/mol. The van der Waals surface area contributed by atoms with Crippen molar-refractivity contribution in [2.24, 2.45) is 5.92 Å². The summed E-state index contributed by atoms with van der Waals surface area (Å²) < 4.78 is 0. The van der Waals surface area contributed by atoms with Gasteiger partial charge in [-0.05, 0) is 5.56 Å². The summed E-state index contributed by atoms with van der Waals surface area (Å²) in [7, 11) is 0. The maximum Gasteiger partial charge on any atom is 0.189 e. The van der Waals surface area contributed by atoms with Crippen molar-refractivity contribution in [1.82, 2.24) is 5.32 Å². The van der Waals surface area contributed by atoms with Crippen LogP contribution in [0.25, 0.3) is 0 Å². The molecule has 0 fully saturated rings. The molecule has 0 aromatic heterocycles. The summed E-state index contributed by atoms with van der Waals surface area (Å²) in [5.41, 5.74) is 4.26. The molecule has 86 valence electrons. The second-order valence-corrected chi connectivity index (χ2v) is 3.91. The molecule has 1 aromatic carbocycles. The number of carbonyl (C=O) groups excluding carboxylic acids is 1. The Morgan fingerprint density at radius 1 is 1.44 bits per heavy atom. The van der Waals surface area contributed by atoms with Crippen molar-refractivity contribution in [2.45, 2.75) is 20.4 Å². The molecule has 0 heterocycles. The fraction of sp³-hybridized carbons (Fsp3) is 0.286. The largest absolute Gasteiger partial charge is 0.372 e. The number of hydrogen-bond donors (Lipinski definition) is 1. The van der Waals surface area contributed by atoms with Gasteiger partial charge in [-0.1, -0.05) is 56.5 Å². The summed E-state index contributed by atoms with van der Waals surface area (Å²) in [6.45, 7) is 7.88. The topological polar surface area (TPSA) is 29.1 Å². The van der Waals surface area contributed by atoms with Crippen molar-refractivity contribution in [3.05, 3.63) is 53.9 Å². The number of ketones is 1. The third kappa shape index (κ3) is 3.41. The lowest BCUT2D eigenvalue weighted by Crippen LogP contribution is -2.22. The fourth-order valence-corrected chi connectivity index (χ4v) is 1.31. The molecule has 16 heavy (non-hydrogen) atoms. The van der Waals surface area contributed by atoms with Crippen molar-refractivity contribution < 1.29 is 6.22 Å².